The van der Waals surface area contributed by atoms with Crippen molar-refractivity contribution in [1.82, 2.24) is 29.9 Å². The summed E-state index contributed by atoms with van der Waals surface area (Å²) in [5.74, 6) is 0.867. The first kappa shape index (κ1) is 41.3. The molecule has 13 heteroatoms. The van der Waals surface area contributed by atoms with Crippen molar-refractivity contribution in [2.75, 3.05) is 43.5 Å². The zero-order valence-corrected chi connectivity index (χ0v) is 36.8. The highest BCUT2D eigenvalue weighted by molar-refractivity contribution is 7.22. The van der Waals surface area contributed by atoms with Gasteiger partial charge in [-0.3, -0.25) is 4.68 Å². The highest BCUT2D eigenvalue weighted by Gasteiger charge is 2.65. The van der Waals surface area contributed by atoms with Crippen LogP contribution in [0.2, 0.25) is 0 Å². The Kier molecular flexibility index (Phi) is 11.1. The second kappa shape index (κ2) is 15.9. The van der Waals surface area contributed by atoms with Crippen LogP contribution in [-0.2, 0) is 13.0 Å². The average Bonchev–Trinajstić information content (AvgIpc) is 3.76. The van der Waals surface area contributed by atoms with Gasteiger partial charge in [-0.25, -0.2) is 14.8 Å². The summed E-state index contributed by atoms with van der Waals surface area (Å²) in [6.07, 6.45) is 13.6. The van der Waals surface area contributed by atoms with E-state index in [-0.39, 0.29) is 17.7 Å². The van der Waals surface area contributed by atoms with Crippen molar-refractivity contribution in [2.24, 2.45) is 21.7 Å². The molecule has 5 aliphatic rings. The Bertz CT molecular complexity index is 2300. The molecule has 1 aromatic carbocycles. The van der Waals surface area contributed by atoms with Crippen molar-refractivity contribution >= 4 is 50.1 Å². The average molecular weight is 821 g/mol. The molecule has 3 atom stereocenters. The number of benzene rings is 1. The molecule has 4 aliphatic carbocycles. The SMILES string of the molecule is CC.Cc1c(Nc2nc3ccccc3s2)nnc2c1CCCN2c1ccc(-c2cnn(CC34CC5(C)CC(C)(CC(CCC[NH+](C)CCO)(C5)C3)C4)c2C)c(C(=O)O)n1. The molecule has 0 radical (unpaired) electrons. The first-order valence-electron chi connectivity index (χ1n) is 21.7. The maximum Gasteiger partial charge on any atom is 0.355 e. The van der Waals surface area contributed by atoms with Crippen LogP contribution in [0, 0.1) is 35.5 Å². The fourth-order valence-electron chi connectivity index (χ4n) is 12.8. The van der Waals surface area contributed by atoms with E-state index in [0.717, 1.165) is 70.2 Å². The van der Waals surface area contributed by atoms with Gasteiger partial charge in [0.2, 0.25) is 0 Å². The number of quaternary nitrogens is 1. The van der Waals surface area contributed by atoms with Gasteiger partial charge in [0.15, 0.2) is 22.5 Å². The number of likely N-dealkylation sites (N-methyl/N-ethyl adjacent to an activating group) is 1. The number of aliphatic hydroxyl groups is 1. The normalized spacial score (nSPS) is 26.1. The van der Waals surface area contributed by atoms with Crippen LogP contribution in [0.1, 0.15) is 113 Å². The van der Waals surface area contributed by atoms with Crippen LogP contribution >= 0.6 is 11.3 Å². The van der Waals surface area contributed by atoms with E-state index in [1.807, 2.05) is 55.3 Å². The van der Waals surface area contributed by atoms with Gasteiger partial charge in [-0.2, -0.15) is 5.10 Å². The lowest BCUT2D eigenvalue weighted by atomic mass is 9.35. The number of aliphatic hydroxyl groups excluding tert-OH is 1. The third-order valence-corrected chi connectivity index (χ3v) is 14.8. The van der Waals surface area contributed by atoms with Gasteiger partial charge in [0.25, 0.3) is 0 Å². The number of aromatic nitrogens is 6. The van der Waals surface area contributed by atoms with Crippen LogP contribution in [-0.4, -0.2) is 79.4 Å². The molecule has 314 valence electrons. The number of para-hydroxylation sites is 1. The van der Waals surface area contributed by atoms with E-state index in [2.05, 4.69) is 61.0 Å². The van der Waals surface area contributed by atoms with Gasteiger partial charge in [0, 0.05) is 41.0 Å². The molecule has 5 aromatic rings. The molecule has 4 fully saturated rings. The minimum atomic E-state index is -1.07. The molecule has 0 spiro atoms. The Balaban J connectivity index is 0.00000238. The number of carboxylic acid groups (broad SMARTS) is 1. The molecule has 5 heterocycles. The number of hydrogen-bond donors (Lipinski definition) is 4. The van der Waals surface area contributed by atoms with E-state index in [4.69, 9.17) is 15.1 Å². The van der Waals surface area contributed by atoms with Gasteiger partial charge in [0.05, 0.1) is 36.6 Å². The van der Waals surface area contributed by atoms with E-state index < -0.39 is 5.97 Å². The summed E-state index contributed by atoms with van der Waals surface area (Å²) in [5, 5.41) is 38.4. The lowest BCUT2D eigenvalue weighted by Crippen LogP contribution is -3.09. The number of nitrogens with zero attached hydrogens (tertiary/aromatic N) is 7. The van der Waals surface area contributed by atoms with Crippen LogP contribution < -0.4 is 15.1 Å². The van der Waals surface area contributed by atoms with Gasteiger partial charge in [-0.1, -0.05) is 51.2 Å². The highest BCUT2D eigenvalue weighted by Crippen LogP contribution is 2.75. The van der Waals surface area contributed by atoms with Crippen molar-refractivity contribution in [1.29, 1.82) is 0 Å². The number of anilines is 4. The van der Waals surface area contributed by atoms with Crippen LogP contribution in [0.5, 0.6) is 0 Å². The number of rotatable bonds is 13. The summed E-state index contributed by atoms with van der Waals surface area (Å²) >= 11 is 1.58. The second-order valence-electron chi connectivity index (χ2n) is 19.0. The largest absolute Gasteiger partial charge is 0.476 e. The number of aromatic carboxylic acids is 1. The molecule has 12 nitrogen and oxygen atoms in total. The fraction of sp³-hybridized carbons (Fsp3) is 0.565. The van der Waals surface area contributed by atoms with Crippen molar-refractivity contribution in [3.63, 3.8) is 0 Å². The zero-order chi connectivity index (χ0) is 41.7. The van der Waals surface area contributed by atoms with Crippen molar-refractivity contribution in [2.45, 2.75) is 112 Å². The van der Waals surface area contributed by atoms with Gasteiger partial charge >= 0.3 is 5.97 Å². The third-order valence-electron chi connectivity index (χ3n) is 13.8. The minimum absolute atomic E-state index is 0.0168. The van der Waals surface area contributed by atoms with Gasteiger partial charge in [-0.15, -0.1) is 10.2 Å². The zero-order valence-electron chi connectivity index (χ0n) is 36.0. The van der Waals surface area contributed by atoms with Crippen LogP contribution in [0.15, 0.2) is 42.6 Å². The summed E-state index contributed by atoms with van der Waals surface area (Å²) < 4.78 is 3.27. The molecule has 10 rings (SSSR count). The van der Waals surface area contributed by atoms with E-state index >= 15 is 0 Å². The lowest BCUT2D eigenvalue weighted by molar-refractivity contribution is -0.880. The Morgan fingerprint density at radius 2 is 1.68 bits per heavy atom. The smallest absolute Gasteiger partial charge is 0.355 e. The summed E-state index contributed by atoms with van der Waals surface area (Å²) in [7, 11) is 2.19. The Hall–Kier alpha value is -4.46. The molecule has 3 unspecified atom stereocenters. The fourth-order valence-corrected chi connectivity index (χ4v) is 13.7. The summed E-state index contributed by atoms with van der Waals surface area (Å²) in [5.41, 5.74) is 6.60. The van der Waals surface area contributed by atoms with Gasteiger partial charge in [-0.05, 0) is 124 Å². The summed E-state index contributed by atoms with van der Waals surface area (Å²) in [6, 6.07) is 11.9. The molecule has 4 aromatic heterocycles. The van der Waals surface area contributed by atoms with Crippen LogP contribution in [0.4, 0.5) is 22.6 Å². The molecule has 1 aliphatic heterocycles. The molecule has 4 bridgehead atoms. The maximum atomic E-state index is 12.9. The number of carboxylic acids is 1. The molecule has 0 amide bonds. The minimum Gasteiger partial charge on any atom is -0.476 e. The van der Waals surface area contributed by atoms with Crippen molar-refractivity contribution in [3.8, 4) is 11.1 Å². The molecule has 59 heavy (non-hydrogen) atoms. The van der Waals surface area contributed by atoms with E-state index in [9.17, 15) is 15.0 Å². The molecule has 4 saturated carbocycles. The van der Waals surface area contributed by atoms with Crippen LogP contribution in [0.25, 0.3) is 21.3 Å². The first-order valence-corrected chi connectivity index (χ1v) is 22.6. The quantitative estimate of drug-likeness (QED) is 0.0918. The topological polar surface area (TPSA) is 147 Å². The number of thiazole rings is 1. The van der Waals surface area contributed by atoms with Gasteiger partial charge in [0.1, 0.15) is 12.4 Å². The lowest BCUT2D eigenvalue weighted by Gasteiger charge is -2.70. The standard InChI is InChI=1S/C44H55N9O3S.C2H6/c1-28-30-10-8-17-52(38(30)50-49-37(28)48-40-46-33-11-6-7-12-34(33)57-40)35-14-13-31(36(47-35)39(55)56)32-20-45-53(29(32)2)27-44-24-41(3)21-42(4,25-44)23-43(22-41,26-44)15-9-16-51(5)18-19-54;1-2/h6-7,11-14,20,54H,8-10,15-19,21-27H2,1-5H3,(H,55,56)(H,46,48,49);1-2H3/p+1. The van der Waals surface area contributed by atoms with E-state index in [1.165, 1.54) is 56.3 Å². The third kappa shape index (κ3) is 7.86. The van der Waals surface area contributed by atoms with E-state index in [0.29, 0.717) is 45.8 Å². The van der Waals surface area contributed by atoms with Gasteiger partial charge < -0.3 is 25.3 Å². The number of nitrogens with one attached hydrogen (secondary N) is 2. The molecular formula is C46H62N9O3S+. The Labute approximate surface area is 352 Å². The maximum absolute atomic E-state index is 12.9. The number of hydrogen-bond acceptors (Lipinski definition) is 10. The monoisotopic (exact) mass is 820 g/mol. The molecular weight excluding hydrogens is 759 g/mol. The Morgan fingerprint density at radius 1 is 0.932 bits per heavy atom. The van der Waals surface area contributed by atoms with Crippen molar-refractivity contribution < 1.29 is 19.9 Å². The molecule has 4 N–H and O–H groups in total. The summed E-state index contributed by atoms with van der Waals surface area (Å²) in [6.45, 7) is 16.9. The van der Waals surface area contributed by atoms with Crippen LogP contribution in [0.3, 0.4) is 0 Å². The highest BCUT2D eigenvalue weighted by atomic mass is 32.1. The van der Waals surface area contributed by atoms with E-state index in [1.54, 1.807) is 11.3 Å². The Morgan fingerprint density at radius 3 is 2.41 bits per heavy atom. The first-order chi connectivity index (χ1) is 28.3. The predicted octanol–water partition coefficient (Wildman–Crippen LogP) is 8.17. The molecule has 0 saturated heterocycles. The predicted molar refractivity (Wildman–Crippen MR) is 235 cm³/mol. The number of pyridine rings is 1. The summed E-state index contributed by atoms with van der Waals surface area (Å²) in [4.78, 5) is 25.9. The second-order valence-corrected chi connectivity index (χ2v) is 20.0. The number of carbonyl (C=O) groups is 1. The number of fused-ring (bicyclic) bond motifs is 2. The van der Waals surface area contributed by atoms with Crippen molar-refractivity contribution in [3.05, 3.63) is 65.1 Å².